The number of anilines is 2. The van der Waals surface area contributed by atoms with E-state index in [9.17, 15) is 0 Å². The Morgan fingerprint density at radius 2 is 2.12 bits per heavy atom. The van der Waals surface area contributed by atoms with E-state index in [1.54, 1.807) is 0 Å². The predicted molar refractivity (Wildman–Crippen MR) is 67.7 cm³/mol. The van der Waals surface area contributed by atoms with Crippen LogP contribution in [0.15, 0.2) is 0 Å². The maximum Gasteiger partial charge on any atom is 0.150 e. The van der Waals surface area contributed by atoms with Crippen LogP contribution >= 0.6 is 0 Å². The molecule has 0 amide bonds. The fourth-order valence-electron chi connectivity index (χ4n) is 2.21. The number of aryl methyl sites for hydroxylation is 1. The van der Waals surface area contributed by atoms with Gasteiger partial charge in [0.05, 0.1) is 11.4 Å². The molecule has 1 saturated carbocycles. The van der Waals surface area contributed by atoms with E-state index in [-0.39, 0.29) is 0 Å². The van der Waals surface area contributed by atoms with E-state index in [0.717, 1.165) is 29.7 Å². The highest BCUT2D eigenvalue weighted by molar-refractivity contribution is 5.66. The van der Waals surface area contributed by atoms with Crippen LogP contribution in [0.3, 0.4) is 0 Å². The van der Waals surface area contributed by atoms with Crippen LogP contribution in [-0.2, 0) is 7.05 Å². The van der Waals surface area contributed by atoms with Crippen molar-refractivity contribution in [2.75, 3.05) is 24.2 Å². The normalized spacial score (nSPS) is 15.8. The van der Waals surface area contributed by atoms with E-state index < -0.39 is 0 Å². The third-order valence-electron chi connectivity index (χ3n) is 3.22. The first-order valence-electron chi connectivity index (χ1n) is 6.04. The first-order valence-corrected chi connectivity index (χ1v) is 6.04. The van der Waals surface area contributed by atoms with Gasteiger partial charge in [0.15, 0.2) is 0 Å². The monoisotopic (exact) mass is 222 g/mol. The van der Waals surface area contributed by atoms with Crippen molar-refractivity contribution in [3.8, 4) is 0 Å². The van der Waals surface area contributed by atoms with Crippen LogP contribution in [0.2, 0.25) is 0 Å². The Hall–Kier alpha value is -1.19. The van der Waals surface area contributed by atoms with Crippen molar-refractivity contribution in [1.29, 1.82) is 0 Å². The summed E-state index contributed by atoms with van der Waals surface area (Å²) in [7, 11) is 4.08. The molecule has 0 unspecified atom stereocenters. The summed E-state index contributed by atoms with van der Waals surface area (Å²) in [6.45, 7) is 5.36. The molecule has 1 aromatic heterocycles. The molecule has 0 atom stereocenters. The quantitative estimate of drug-likeness (QED) is 0.847. The summed E-state index contributed by atoms with van der Waals surface area (Å²) >= 11 is 0. The third kappa shape index (κ3) is 2.01. The molecule has 2 rings (SSSR count). The summed E-state index contributed by atoms with van der Waals surface area (Å²) in [5.41, 5.74) is 8.04. The van der Waals surface area contributed by atoms with Gasteiger partial charge in [-0.25, -0.2) is 0 Å². The van der Waals surface area contributed by atoms with Gasteiger partial charge in [-0.15, -0.1) is 0 Å². The van der Waals surface area contributed by atoms with Crippen LogP contribution in [0, 0.1) is 5.92 Å². The molecule has 0 aliphatic heterocycles. The molecule has 4 heteroatoms. The van der Waals surface area contributed by atoms with Gasteiger partial charge < -0.3 is 10.6 Å². The minimum absolute atomic E-state index is 0.384. The Morgan fingerprint density at radius 3 is 2.56 bits per heavy atom. The summed E-state index contributed by atoms with van der Waals surface area (Å²) in [5.74, 6) is 2.31. The van der Waals surface area contributed by atoms with Gasteiger partial charge in [-0.3, -0.25) is 4.68 Å². The van der Waals surface area contributed by atoms with Crippen molar-refractivity contribution in [3.63, 3.8) is 0 Å². The Balaban J connectivity index is 2.24. The Morgan fingerprint density at radius 1 is 1.50 bits per heavy atom. The number of hydrogen-bond donors (Lipinski definition) is 1. The molecule has 1 heterocycles. The lowest BCUT2D eigenvalue weighted by Gasteiger charge is -2.19. The van der Waals surface area contributed by atoms with Gasteiger partial charge in [0.2, 0.25) is 0 Å². The van der Waals surface area contributed by atoms with Gasteiger partial charge in [0.25, 0.3) is 0 Å². The summed E-state index contributed by atoms with van der Waals surface area (Å²) in [6.07, 6.45) is 2.72. The topological polar surface area (TPSA) is 47.1 Å². The zero-order chi connectivity index (χ0) is 11.9. The van der Waals surface area contributed by atoms with E-state index in [1.165, 1.54) is 12.8 Å². The lowest BCUT2D eigenvalue weighted by atomic mass is 10.1. The van der Waals surface area contributed by atoms with Crippen LogP contribution < -0.4 is 10.6 Å². The van der Waals surface area contributed by atoms with E-state index in [1.807, 2.05) is 11.7 Å². The molecular formula is C12H22N4. The predicted octanol–water partition coefficient (Wildman–Crippen LogP) is 1.97. The molecule has 90 valence electrons. The highest BCUT2D eigenvalue weighted by Crippen LogP contribution is 2.34. The lowest BCUT2D eigenvalue weighted by Crippen LogP contribution is -2.23. The van der Waals surface area contributed by atoms with Crippen LogP contribution in [0.4, 0.5) is 11.5 Å². The van der Waals surface area contributed by atoms with Crippen molar-refractivity contribution in [1.82, 2.24) is 9.78 Å². The fraction of sp³-hybridized carbons (Fsp3) is 0.750. The maximum absolute atomic E-state index is 6.18. The zero-order valence-corrected chi connectivity index (χ0v) is 10.7. The molecule has 0 bridgehead atoms. The third-order valence-corrected chi connectivity index (χ3v) is 3.22. The van der Waals surface area contributed by atoms with E-state index in [2.05, 4.69) is 30.9 Å². The van der Waals surface area contributed by atoms with Crippen molar-refractivity contribution >= 4 is 11.5 Å². The van der Waals surface area contributed by atoms with Crippen LogP contribution in [0.1, 0.15) is 38.3 Å². The largest absolute Gasteiger partial charge is 0.394 e. The van der Waals surface area contributed by atoms with Crippen LogP contribution in [0.25, 0.3) is 0 Å². The molecule has 1 fully saturated rings. The average molecular weight is 222 g/mol. The Kier molecular flexibility index (Phi) is 2.82. The van der Waals surface area contributed by atoms with Crippen LogP contribution in [-0.4, -0.2) is 23.4 Å². The first kappa shape index (κ1) is 11.3. The van der Waals surface area contributed by atoms with Gasteiger partial charge in [-0.2, -0.15) is 5.10 Å². The highest BCUT2D eigenvalue weighted by Gasteiger charge is 2.26. The number of nitrogens with zero attached hydrogens (tertiary/aromatic N) is 3. The summed E-state index contributed by atoms with van der Waals surface area (Å²) in [6, 6.07) is 0. The van der Waals surface area contributed by atoms with Crippen molar-refractivity contribution in [2.24, 2.45) is 13.0 Å². The van der Waals surface area contributed by atoms with Gasteiger partial charge in [0, 0.05) is 20.6 Å². The Bertz CT molecular complexity index is 377. The number of aromatic nitrogens is 2. The summed E-state index contributed by atoms with van der Waals surface area (Å²) in [5, 5.41) is 4.51. The molecule has 0 aromatic carbocycles. The van der Waals surface area contributed by atoms with Gasteiger partial charge in [0.1, 0.15) is 5.82 Å². The second-order valence-corrected chi connectivity index (χ2v) is 5.22. The lowest BCUT2D eigenvalue weighted by molar-refractivity contribution is 0.686. The SMILES string of the molecule is CC(C)c1nn(C)c(N(C)CC2CC2)c1N. The van der Waals surface area contributed by atoms with Crippen molar-refractivity contribution in [3.05, 3.63) is 5.69 Å². The minimum Gasteiger partial charge on any atom is -0.394 e. The molecule has 16 heavy (non-hydrogen) atoms. The number of nitrogens with two attached hydrogens (primary N) is 1. The molecule has 4 nitrogen and oxygen atoms in total. The summed E-state index contributed by atoms with van der Waals surface area (Å²) < 4.78 is 1.91. The molecule has 1 aliphatic carbocycles. The van der Waals surface area contributed by atoms with E-state index in [0.29, 0.717) is 5.92 Å². The molecule has 1 aliphatic rings. The van der Waals surface area contributed by atoms with Crippen molar-refractivity contribution < 1.29 is 0 Å². The highest BCUT2D eigenvalue weighted by atomic mass is 15.4. The smallest absolute Gasteiger partial charge is 0.150 e. The number of hydrogen-bond acceptors (Lipinski definition) is 3. The summed E-state index contributed by atoms with van der Waals surface area (Å²) in [4.78, 5) is 2.24. The maximum atomic E-state index is 6.18. The standard InChI is InChI=1S/C12H22N4/c1-8(2)11-10(13)12(16(4)14-11)15(3)7-9-5-6-9/h8-9H,5-7,13H2,1-4H3. The molecule has 1 aromatic rings. The number of nitrogen functional groups attached to an aromatic ring is 1. The zero-order valence-electron chi connectivity index (χ0n) is 10.7. The molecule has 0 spiro atoms. The molecule has 0 radical (unpaired) electrons. The Labute approximate surface area is 97.4 Å². The number of rotatable bonds is 4. The van der Waals surface area contributed by atoms with Crippen LogP contribution in [0.5, 0.6) is 0 Å². The fourth-order valence-corrected chi connectivity index (χ4v) is 2.21. The van der Waals surface area contributed by atoms with Gasteiger partial charge in [-0.1, -0.05) is 13.8 Å². The minimum atomic E-state index is 0.384. The van der Waals surface area contributed by atoms with Gasteiger partial charge in [-0.05, 0) is 24.7 Å². The second kappa shape index (κ2) is 4.00. The van der Waals surface area contributed by atoms with E-state index in [4.69, 9.17) is 5.73 Å². The van der Waals surface area contributed by atoms with E-state index >= 15 is 0 Å². The van der Waals surface area contributed by atoms with Gasteiger partial charge >= 0.3 is 0 Å². The van der Waals surface area contributed by atoms with Crippen molar-refractivity contribution in [2.45, 2.75) is 32.6 Å². The average Bonchev–Trinajstić information content (AvgIpc) is 2.92. The first-order chi connectivity index (χ1) is 7.50. The molecule has 2 N–H and O–H groups in total. The molecule has 0 saturated heterocycles. The molecular weight excluding hydrogens is 200 g/mol. The second-order valence-electron chi connectivity index (χ2n) is 5.22.